The van der Waals surface area contributed by atoms with Gasteiger partial charge in [0.1, 0.15) is 5.82 Å². The zero-order valence-electron chi connectivity index (χ0n) is 11.0. The fourth-order valence-electron chi connectivity index (χ4n) is 2.26. The van der Waals surface area contributed by atoms with Crippen LogP contribution < -0.4 is 5.32 Å². The topological polar surface area (TPSA) is 57.8 Å². The number of hydrogen-bond donors (Lipinski definition) is 2. The van der Waals surface area contributed by atoms with Crippen molar-refractivity contribution in [2.75, 3.05) is 0 Å². The smallest absolute Gasteiger partial charge is 0.224 e. The Morgan fingerprint density at radius 2 is 2.00 bits per heavy atom. The first-order valence-electron chi connectivity index (χ1n) is 6.54. The summed E-state index contributed by atoms with van der Waals surface area (Å²) in [4.78, 5) is 19.0. The van der Waals surface area contributed by atoms with Crippen LogP contribution >= 0.6 is 0 Å². The van der Waals surface area contributed by atoms with E-state index in [-0.39, 0.29) is 5.91 Å². The fourth-order valence-corrected chi connectivity index (χ4v) is 2.26. The number of amides is 1. The van der Waals surface area contributed by atoms with Crippen molar-refractivity contribution in [3.8, 4) is 0 Å². The van der Waals surface area contributed by atoms with Gasteiger partial charge in [-0.25, -0.2) is 4.98 Å². The van der Waals surface area contributed by atoms with Gasteiger partial charge in [-0.15, -0.1) is 0 Å². The fraction of sp³-hybridized carbons (Fsp3) is 0.125. The van der Waals surface area contributed by atoms with Crippen LogP contribution in [0.3, 0.4) is 0 Å². The van der Waals surface area contributed by atoms with Crippen molar-refractivity contribution in [2.45, 2.75) is 13.0 Å². The van der Waals surface area contributed by atoms with Crippen LogP contribution in [-0.4, -0.2) is 15.9 Å². The van der Waals surface area contributed by atoms with Crippen molar-refractivity contribution >= 4 is 16.7 Å². The van der Waals surface area contributed by atoms with E-state index < -0.39 is 0 Å². The van der Waals surface area contributed by atoms with E-state index in [1.807, 2.05) is 30.3 Å². The Bertz CT molecular complexity index is 714. The average Bonchev–Trinajstić information content (AvgIpc) is 2.99. The molecule has 1 amide bonds. The Kier molecular flexibility index (Phi) is 3.46. The molecule has 2 N–H and O–H groups in total. The Balaban J connectivity index is 1.71. The molecule has 4 nitrogen and oxygen atoms in total. The van der Waals surface area contributed by atoms with Crippen molar-refractivity contribution in [2.24, 2.45) is 0 Å². The third-order valence-electron chi connectivity index (χ3n) is 3.24. The molecule has 0 atom stereocenters. The van der Waals surface area contributed by atoms with Crippen molar-refractivity contribution in [3.05, 3.63) is 66.2 Å². The van der Waals surface area contributed by atoms with Crippen LogP contribution in [0.25, 0.3) is 10.8 Å². The first-order valence-corrected chi connectivity index (χ1v) is 6.54. The maximum Gasteiger partial charge on any atom is 0.224 e. The van der Waals surface area contributed by atoms with Crippen molar-refractivity contribution in [3.63, 3.8) is 0 Å². The lowest BCUT2D eigenvalue weighted by molar-refractivity contribution is -0.120. The lowest BCUT2D eigenvalue weighted by Gasteiger charge is -2.07. The molecule has 0 saturated carbocycles. The van der Waals surface area contributed by atoms with Crippen LogP contribution in [0.15, 0.2) is 54.9 Å². The van der Waals surface area contributed by atoms with Crippen molar-refractivity contribution < 1.29 is 4.79 Å². The number of hydrogen-bond acceptors (Lipinski definition) is 2. The molecule has 0 unspecified atom stereocenters. The van der Waals surface area contributed by atoms with Gasteiger partial charge >= 0.3 is 0 Å². The lowest BCUT2D eigenvalue weighted by atomic mass is 10.0. The van der Waals surface area contributed by atoms with Gasteiger partial charge < -0.3 is 10.3 Å². The molecular weight excluding hydrogens is 250 g/mol. The molecule has 20 heavy (non-hydrogen) atoms. The number of H-pyrrole nitrogens is 1. The van der Waals surface area contributed by atoms with Crippen LogP contribution in [0.5, 0.6) is 0 Å². The maximum atomic E-state index is 12.0. The summed E-state index contributed by atoms with van der Waals surface area (Å²) in [7, 11) is 0. The van der Waals surface area contributed by atoms with E-state index in [2.05, 4.69) is 27.4 Å². The highest BCUT2D eigenvalue weighted by atomic mass is 16.1. The van der Waals surface area contributed by atoms with E-state index in [4.69, 9.17) is 0 Å². The summed E-state index contributed by atoms with van der Waals surface area (Å²) in [5, 5.41) is 5.15. The second-order valence-electron chi connectivity index (χ2n) is 4.63. The Morgan fingerprint density at radius 1 is 1.15 bits per heavy atom. The quantitative estimate of drug-likeness (QED) is 0.761. The normalized spacial score (nSPS) is 10.6. The number of aromatic nitrogens is 2. The minimum Gasteiger partial charge on any atom is -0.349 e. The molecule has 0 aliphatic carbocycles. The predicted octanol–water partition coefficient (Wildman–Crippen LogP) is 2.42. The number of nitrogens with one attached hydrogen (secondary N) is 2. The second kappa shape index (κ2) is 5.57. The van der Waals surface area contributed by atoms with Crippen LogP contribution in [0.1, 0.15) is 11.4 Å². The van der Waals surface area contributed by atoms with Gasteiger partial charge in [-0.1, -0.05) is 42.5 Å². The van der Waals surface area contributed by atoms with Gasteiger partial charge in [-0.05, 0) is 16.3 Å². The van der Waals surface area contributed by atoms with E-state index in [1.165, 1.54) is 0 Å². The summed E-state index contributed by atoms with van der Waals surface area (Å²) in [6, 6.07) is 14.1. The molecule has 4 heteroatoms. The van der Waals surface area contributed by atoms with Crippen LogP contribution in [0.2, 0.25) is 0 Å². The summed E-state index contributed by atoms with van der Waals surface area (Å²) in [6.07, 6.45) is 3.79. The summed E-state index contributed by atoms with van der Waals surface area (Å²) >= 11 is 0. The van der Waals surface area contributed by atoms with Gasteiger partial charge in [0.05, 0.1) is 13.0 Å². The molecule has 100 valence electrons. The van der Waals surface area contributed by atoms with Gasteiger partial charge in [-0.2, -0.15) is 0 Å². The van der Waals surface area contributed by atoms with Gasteiger partial charge in [0.2, 0.25) is 5.91 Å². The number of imidazole rings is 1. The molecule has 1 heterocycles. The van der Waals surface area contributed by atoms with Gasteiger partial charge in [0.15, 0.2) is 0 Å². The number of carbonyl (C=O) groups is 1. The molecule has 2 aromatic carbocycles. The van der Waals surface area contributed by atoms with E-state index in [1.54, 1.807) is 12.4 Å². The van der Waals surface area contributed by atoms with Crippen molar-refractivity contribution in [1.29, 1.82) is 0 Å². The van der Waals surface area contributed by atoms with Crippen molar-refractivity contribution in [1.82, 2.24) is 15.3 Å². The highest BCUT2D eigenvalue weighted by Crippen LogP contribution is 2.18. The number of carbonyl (C=O) groups excluding carboxylic acids is 1. The lowest BCUT2D eigenvalue weighted by Crippen LogP contribution is -2.25. The molecule has 0 fully saturated rings. The molecule has 0 aliphatic rings. The first-order chi connectivity index (χ1) is 9.83. The first kappa shape index (κ1) is 12.4. The minimum absolute atomic E-state index is 0.00208. The SMILES string of the molecule is O=C(Cc1cccc2ccccc12)NCc1ncc[nH]1. The number of benzene rings is 2. The zero-order chi connectivity index (χ0) is 13.8. The van der Waals surface area contributed by atoms with Crippen LogP contribution in [0.4, 0.5) is 0 Å². The molecule has 3 aromatic rings. The number of aromatic amines is 1. The third kappa shape index (κ3) is 2.69. The summed E-state index contributed by atoms with van der Waals surface area (Å²) in [5.74, 6) is 0.758. The predicted molar refractivity (Wildman–Crippen MR) is 78.1 cm³/mol. The highest BCUT2D eigenvalue weighted by molar-refractivity contribution is 5.90. The summed E-state index contributed by atoms with van der Waals surface area (Å²) < 4.78 is 0. The standard InChI is InChI=1S/C16H15N3O/c20-16(19-11-15-17-8-9-18-15)10-13-6-3-5-12-4-1-2-7-14(12)13/h1-9H,10-11H2,(H,17,18)(H,19,20). The second-order valence-corrected chi connectivity index (χ2v) is 4.63. The minimum atomic E-state index is -0.00208. The van der Waals surface area contributed by atoms with Gasteiger partial charge in [0, 0.05) is 12.4 Å². The number of rotatable bonds is 4. The Hall–Kier alpha value is -2.62. The monoisotopic (exact) mass is 265 g/mol. The Labute approximate surface area is 116 Å². The molecule has 0 bridgehead atoms. The van der Waals surface area contributed by atoms with Gasteiger partial charge in [0.25, 0.3) is 0 Å². The third-order valence-corrected chi connectivity index (χ3v) is 3.24. The van der Waals surface area contributed by atoms with Gasteiger partial charge in [-0.3, -0.25) is 4.79 Å². The molecule has 1 aromatic heterocycles. The highest BCUT2D eigenvalue weighted by Gasteiger charge is 2.07. The average molecular weight is 265 g/mol. The van der Waals surface area contributed by atoms with E-state index in [0.29, 0.717) is 13.0 Å². The molecule has 0 saturated heterocycles. The Morgan fingerprint density at radius 3 is 2.85 bits per heavy atom. The summed E-state index contributed by atoms with van der Waals surface area (Å²) in [5.41, 5.74) is 1.04. The van der Waals surface area contributed by atoms with E-state index >= 15 is 0 Å². The van der Waals surface area contributed by atoms with E-state index in [0.717, 1.165) is 22.2 Å². The largest absolute Gasteiger partial charge is 0.349 e. The molecule has 0 aliphatic heterocycles. The number of nitrogens with zero attached hydrogens (tertiary/aromatic N) is 1. The molecule has 3 rings (SSSR count). The maximum absolute atomic E-state index is 12.0. The molecular formula is C16H15N3O. The van der Waals surface area contributed by atoms with E-state index in [9.17, 15) is 4.79 Å². The van der Waals surface area contributed by atoms with Crippen LogP contribution in [-0.2, 0) is 17.8 Å². The zero-order valence-corrected chi connectivity index (χ0v) is 11.0. The number of fused-ring (bicyclic) bond motifs is 1. The molecule has 0 spiro atoms. The van der Waals surface area contributed by atoms with Crippen LogP contribution in [0, 0.1) is 0 Å². The molecule has 0 radical (unpaired) electrons. The summed E-state index contributed by atoms with van der Waals surface area (Å²) in [6.45, 7) is 0.427.